The van der Waals surface area contributed by atoms with Crippen molar-refractivity contribution in [3.63, 3.8) is 0 Å². The van der Waals surface area contributed by atoms with Crippen LogP contribution in [0, 0.1) is 11.6 Å². The predicted molar refractivity (Wildman–Crippen MR) is 96.9 cm³/mol. The van der Waals surface area contributed by atoms with Crippen LogP contribution in [0.3, 0.4) is 0 Å². The smallest absolute Gasteiger partial charge is 0.306 e. The van der Waals surface area contributed by atoms with Crippen LogP contribution in [-0.4, -0.2) is 49.0 Å². The van der Waals surface area contributed by atoms with E-state index in [0.29, 0.717) is 12.5 Å². The van der Waals surface area contributed by atoms with Gasteiger partial charge in [0.15, 0.2) is 23.2 Å². The third-order valence-electron chi connectivity index (χ3n) is 4.71. The van der Waals surface area contributed by atoms with Crippen molar-refractivity contribution in [3.8, 4) is 5.75 Å². The number of ether oxygens (including phenoxy) is 2. The summed E-state index contributed by atoms with van der Waals surface area (Å²) < 4.78 is 38.3. The number of hydrogen-bond donors (Lipinski definition) is 0. The van der Waals surface area contributed by atoms with Crippen molar-refractivity contribution >= 4 is 11.8 Å². The fourth-order valence-corrected chi connectivity index (χ4v) is 3.22. The molecule has 5 nitrogen and oxygen atoms in total. The standard InChI is InChI=1S/C20H27F2NO4/c1-3-26-19(25)8-7-18(24)15-12-16(21)20(17(22)13-15)27-11-5-10-23-9-4-6-14(23)2/h12-14H,3-11H2,1-2H3/t14-/m1/s1. The lowest BCUT2D eigenvalue weighted by Gasteiger charge is -2.20. The molecule has 27 heavy (non-hydrogen) atoms. The van der Waals surface area contributed by atoms with Crippen LogP contribution in [-0.2, 0) is 9.53 Å². The van der Waals surface area contributed by atoms with Crippen LogP contribution in [0.25, 0.3) is 0 Å². The van der Waals surface area contributed by atoms with E-state index in [-0.39, 0.29) is 31.6 Å². The number of ketones is 1. The molecule has 150 valence electrons. The molecule has 2 rings (SSSR count). The summed E-state index contributed by atoms with van der Waals surface area (Å²) >= 11 is 0. The van der Waals surface area contributed by atoms with Gasteiger partial charge in [-0.3, -0.25) is 9.59 Å². The highest BCUT2D eigenvalue weighted by atomic mass is 19.1. The van der Waals surface area contributed by atoms with Gasteiger partial charge in [-0.2, -0.15) is 0 Å². The summed E-state index contributed by atoms with van der Waals surface area (Å²) in [6, 6.07) is 2.45. The molecule has 0 unspecified atom stereocenters. The van der Waals surface area contributed by atoms with Crippen molar-refractivity contribution in [1.82, 2.24) is 4.90 Å². The van der Waals surface area contributed by atoms with Crippen molar-refractivity contribution in [2.75, 3.05) is 26.3 Å². The van der Waals surface area contributed by atoms with Gasteiger partial charge in [-0.1, -0.05) is 0 Å². The first-order valence-electron chi connectivity index (χ1n) is 9.47. The lowest BCUT2D eigenvalue weighted by Crippen LogP contribution is -2.28. The summed E-state index contributed by atoms with van der Waals surface area (Å²) in [7, 11) is 0. The lowest BCUT2D eigenvalue weighted by molar-refractivity contribution is -0.143. The zero-order valence-electron chi connectivity index (χ0n) is 15.9. The zero-order valence-corrected chi connectivity index (χ0v) is 15.9. The fourth-order valence-electron chi connectivity index (χ4n) is 3.22. The number of nitrogens with zero attached hydrogens (tertiary/aromatic N) is 1. The first-order valence-corrected chi connectivity index (χ1v) is 9.47. The van der Waals surface area contributed by atoms with E-state index in [0.717, 1.165) is 25.2 Å². The van der Waals surface area contributed by atoms with Crippen molar-refractivity contribution < 1.29 is 27.8 Å². The molecule has 0 saturated carbocycles. The van der Waals surface area contributed by atoms with Crippen molar-refractivity contribution in [1.29, 1.82) is 0 Å². The molecule has 1 heterocycles. The molecule has 0 aliphatic carbocycles. The van der Waals surface area contributed by atoms with Gasteiger partial charge in [-0.05, 0) is 51.8 Å². The molecular formula is C20H27F2NO4. The SMILES string of the molecule is CCOC(=O)CCC(=O)c1cc(F)c(OCCCN2CCC[C@H]2C)c(F)c1. The van der Waals surface area contributed by atoms with Crippen LogP contribution >= 0.6 is 0 Å². The van der Waals surface area contributed by atoms with E-state index in [2.05, 4.69) is 11.8 Å². The van der Waals surface area contributed by atoms with E-state index in [1.54, 1.807) is 6.92 Å². The van der Waals surface area contributed by atoms with Crippen LogP contribution in [0.5, 0.6) is 5.75 Å². The Hall–Kier alpha value is -2.02. The molecule has 1 aliphatic rings. The summed E-state index contributed by atoms with van der Waals surface area (Å²) in [4.78, 5) is 25.6. The molecule has 0 radical (unpaired) electrons. The molecule has 1 aromatic carbocycles. The van der Waals surface area contributed by atoms with E-state index in [4.69, 9.17) is 9.47 Å². The molecule has 0 N–H and O–H groups in total. The summed E-state index contributed by atoms with van der Waals surface area (Å²) in [5.41, 5.74) is -0.118. The number of benzene rings is 1. The van der Waals surface area contributed by atoms with Gasteiger partial charge in [0, 0.05) is 24.6 Å². The fraction of sp³-hybridized carbons (Fsp3) is 0.600. The molecular weight excluding hydrogens is 356 g/mol. The van der Waals surface area contributed by atoms with Crippen molar-refractivity contribution in [3.05, 3.63) is 29.3 Å². The van der Waals surface area contributed by atoms with Crippen LogP contribution in [0.4, 0.5) is 8.78 Å². The van der Waals surface area contributed by atoms with Gasteiger partial charge in [-0.15, -0.1) is 0 Å². The molecule has 1 saturated heterocycles. The summed E-state index contributed by atoms with van der Waals surface area (Å²) in [6.45, 7) is 6.13. The van der Waals surface area contributed by atoms with E-state index in [9.17, 15) is 18.4 Å². The lowest BCUT2D eigenvalue weighted by atomic mass is 10.1. The Morgan fingerprint density at radius 2 is 1.93 bits per heavy atom. The highest BCUT2D eigenvalue weighted by molar-refractivity contribution is 5.97. The average Bonchev–Trinajstić information content (AvgIpc) is 3.03. The second-order valence-corrected chi connectivity index (χ2v) is 6.73. The Morgan fingerprint density at radius 3 is 2.52 bits per heavy atom. The number of hydrogen-bond acceptors (Lipinski definition) is 5. The second kappa shape index (κ2) is 10.3. The topological polar surface area (TPSA) is 55.8 Å². The van der Waals surface area contributed by atoms with Gasteiger partial charge >= 0.3 is 5.97 Å². The largest absolute Gasteiger partial charge is 0.488 e. The first kappa shape index (κ1) is 21.3. The maximum absolute atomic E-state index is 14.2. The van der Waals surface area contributed by atoms with Gasteiger partial charge < -0.3 is 14.4 Å². The zero-order chi connectivity index (χ0) is 19.8. The number of carbonyl (C=O) groups is 2. The number of carbonyl (C=O) groups excluding carboxylic acids is 2. The van der Waals surface area contributed by atoms with Crippen molar-refractivity contribution in [2.45, 2.75) is 52.0 Å². The van der Waals surface area contributed by atoms with Gasteiger partial charge in [0.25, 0.3) is 0 Å². The highest BCUT2D eigenvalue weighted by Crippen LogP contribution is 2.25. The molecule has 0 aromatic heterocycles. The Kier molecular flexibility index (Phi) is 8.16. The minimum absolute atomic E-state index is 0.118. The normalized spacial score (nSPS) is 17.1. The monoisotopic (exact) mass is 383 g/mol. The summed E-state index contributed by atoms with van der Waals surface area (Å²) in [5, 5.41) is 0. The number of Topliss-reactive ketones (excluding diaryl/α,β-unsaturated/α-hetero) is 1. The maximum Gasteiger partial charge on any atom is 0.306 e. The number of esters is 1. The Bertz CT molecular complexity index is 642. The third-order valence-corrected chi connectivity index (χ3v) is 4.71. The molecule has 7 heteroatoms. The Labute approximate surface area is 158 Å². The second-order valence-electron chi connectivity index (χ2n) is 6.73. The van der Waals surface area contributed by atoms with E-state index >= 15 is 0 Å². The van der Waals surface area contributed by atoms with Crippen LogP contribution < -0.4 is 4.74 Å². The van der Waals surface area contributed by atoms with Gasteiger partial charge in [-0.25, -0.2) is 8.78 Å². The highest BCUT2D eigenvalue weighted by Gasteiger charge is 2.20. The number of likely N-dealkylation sites (tertiary alicyclic amines) is 1. The molecule has 0 bridgehead atoms. The number of halogens is 2. The average molecular weight is 383 g/mol. The Balaban J connectivity index is 1.86. The first-order chi connectivity index (χ1) is 12.9. The van der Waals surface area contributed by atoms with Crippen molar-refractivity contribution in [2.24, 2.45) is 0 Å². The van der Waals surface area contributed by atoms with Crippen LogP contribution in [0.1, 0.15) is 56.3 Å². The third kappa shape index (κ3) is 6.27. The molecule has 1 aromatic rings. The molecule has 1 aliphatic heterocycles. The predicted octanol–water partition coefficient (Wildman–Crippen LogP) is 3.74. The minimum Gasteiger partial charge on any atom is -0.488 e. The summed E-state index contributed by atoms with van der Waals surface area (Å²) in [5.74, 6) is -3.33. The van der Waals surface area contributed by atoms with Gasteiger partial charge in [0.2, 0.25) is 0 Å². The Morgan fingerprint density at radius 1 is 1.22 bits per heavy atom. The van der Waals surface area contributed by atoms with E-state index < -0.39 is 29.1 Å². The maximum atomic E-state index is 14.2. The molecule has 0 spiro atoms. The van der Waals surface area contributed by atoms with Crippen LogP contribution in [0.2, 0.25) is 0 Å². The van der Waals surface area contributed by atoms with E-state index in [1.165, 1.54) is 12.8 Å². The van der Waals surface area contributed by atoms with E-state index in [1.807, 2.05) is 0 Å². The quantitative estimate of drug-likeness (QED) is 0.350. The molecule has 1 fully saturated rings. The van der Waals surface area contributed by atoms with Crippen LogP contribution in [0.15, 0.2) is 12.1 Å². The minimum atomic E-state index is -0.913. The molecule has 0 amide bonds. The van der Waals surface area contributed by atoms with Gasteiger partial charge in [0.1, 0.15) is 0 Å². The summed E-state index contributed by atoms with van der Waals surface area (Å²) in [6.07, 6.45) is 2.74. The number of rotatable bonds is 10. The molecule has 1 atom stereocenters. The van der Waals surface area contributed by atoms with Gasteiger partial charge in [0.05, 0.1) is 19.6 Å².